The highest BCUT2D eigenvalue weighted by Crippen LogP contribution is 2.15. The van der Waals surface area contributed by atoms with Crippen molar-refractivity contribution >= 4 is 17.0 Å². The summed E-state index contributed by atoms with van der Waals surface area (Å²) in [6.45, 7) is 0.618. The van der Waals surface area contributed by atoms with Gasteiger partial charge in [-0.25, -0.2) is 0 Å². The van der Waals surface area contributed by atoms with Crippen LogP contribution in [0.1, 0.15) is 5.56 Å². The molecule has 1 aromatic heterocycles. The van der Waals surface area contributed by atoms with E-state index in [4.69, 9.17) is 10.5 Å². The number of thiophene rings is 1. The minimum atomic E-state index is 0.618. The van der Waals surface area contributed by atoms with Crippen LogP contribution in [0.15, 0.2) is 41.1 Å². The third kappa shape index (κ3) is 2.26. The first-order valence-corrected chi connectivity index (χ1v) is 5.28. The van der Waals surface area contributed by atoms with E-state index >= 15 is 0 Å². The van der Waals surface area contributed by atoms with E-state index in [0.717, 1.165) is 11.4 Å². The van der Waals surface area contributed by atoms with E-state index in [1.165, 1.54) is 5.56 Å². The van der Waals surface area contributed by atoms with Crippen LogP contribution in [-0.2, 0) is 6.61 Å². The molecular formula is C11H11NOS. The number of rotatable bonds is 3. The topological polar surface area (TPSA) is 35.2 Å². The maximum Gasteiger partial charge on any atom is 0.119 e. The van der Waals surface area contributed by atoms with Crippen LogP contribution >= 0.6 is 11.3 Å². The summed E-state index contributed by atoms with van der Waals surface area (Å²) in [5.41, 5.74) is 7.52. The second kappa shape index (κ2) is 4.15. The summed E-state index contributed by atoms with van der Waals surface area (Å²) in [6.07, 6.45) is 0. The van der Waals surface area contributed by atoms with Crippen LogP contribution in [0.5, 0.6) is 5.75 Å². The molecule has 0 aliphatic carbocycles. The molecule has 0 radical (unpaired) electrons. The Morgan fingerprint density at radius 1 is 1.14 bits per heavy atom. The van der Waals surface area contributed by atoms with Gasteiger partial charge in [0.05, 0.1) is 0 Å². The zero-order valence-corrected chi connectivity index (χ0v) is 8.46. The third-order valence-electron chi connectivity index (χ3n) is 1.87. The maximum atomic E-state index is 5.56. The lowest BCUT2D eigenvalue weighted by molar-refractivity contribution is 0.307. The molecule has 2 aromatic rings. The minimum absolute atomic E-state index is 0.618. The molecule has 0 bridgehead atoms. The average molecular weight is 205 g/mol. The summed E-state index contributed by atoms with van der Waals surface area (Å²) in [5, 5.41) is 4.12. The SMILES string of the molecule is Nc1ccc(OCc2ccsc2)cc1. The molecule has 0 spiro atoms. The fourth-order valence-electron chi connectivity index (χ4n) is 1.11. The van der Waals surface area contributed by atoms with Crippen molar-refractivity contribution in [2.45, 2.75) is 6.61 Å². The van der Waals surface area contributed by atoms with E-state index in [1.807, 2.05) is 29.6 Å². The molecule has 0 amide bonds. The predicted octanol–water partition coefficient (Wildman–Crippen LogP) is 2.91. The zero-order chi connectivity index (χ0) is 9.80. The lowest BCUT2D eigenvalue weighted by atomic mass is 10.3. The lowest BCUT2D eigenvalue weighted by Crippen LogP contribution is -1.93. The Morgan fingerprint density at radius 2 is 1.93 bits per heavy atom. The van der Waals surface area contributed by atoms with Gasteiger partial charge in [-0.1, -0.05) is 0 Å². The second-order valence-electron chi connectivity index (χ2n) is 2.99. The van der Waals surface area contributed by atoms with E-state index in [-0.39, 0.29) is 0 Å². The monoisotopic (exact) mass is 205 g/mol. The van der Waals surface area contributed by atoms with Crippen molar-refractivity contribution < 1.29 is 4.74 Å². The molecule has 1 aromatic carbocycles. The van der Waals surface area contributed by atoms with Crippen LogP contribution in [0, 0.1) is 0 Å². The van der Waals surface area contributed by atoms with E-state index < -0.39 is 0 Å². The minimum Gasteiger partial charge on any atom is -0.489 e. The highest BCUT2D eigenvalue weighted by molar-refractivity contribution is 7.07. The van der Waals surface area contributed by atoms with Crippen molar-refractivity contribution in [1.82, 2.24) is 0 Å². The summed E-state index contributed by atoms with van der Waals surface area (Å²) >= 11 is 1.68. The van der Waals surface area contributed by atoms with E-state index in [0.29, 0.717) is 6.61 Å². The highest BCUT2D eigenvalue weighted by atomic mass is 32.1. The first-order valence-electron chi connectivity index (χ1n) is 4.34. The summed E-state index contributed by atoms with van der Waals surface area (Å²) in [4.78, 5) is 0. The van der Waals surface area contributed by atoms with E-state index in [9.17, 15) is 0 Å². The number of anilines is 1. The van der Waals surface area contributed by atoms with Gasteiger partial charge in [0.15, 0.2) is 0 Å². The third-order valence-corrected chi connectivity index (χ3v) is 2.60. The van der Waals surface area contributed by atoms with Crippen molar-refractivity contribution in [3.8, 4) is 5.75 Å². The Bertz CT molecular complexity index is 380. The normalized spacial score (nSPS) is 10.0. The molecule has 14 heavy (non-hydrogen) atoms. The van der Waals surface area contributed by atoms with Gasteiger partial charge in [-0.05, 0) is 46.7 Å². The van der Waals surface area contributed by atoms with Crippen molar-refractivity contribution in [3.05, 3.63) is 46.7 Å². The number of nitrogens with two attached hydrogens (primary N) is 1. The molecule has 0 unspecified atom stereocenters. The molecule has 0 atom stereocenters. The molecule has 2 nitrogen and oxygen atoms in total. The molecule has 1 heterocycles. The van der Waals surface area contributed by atoms with E-state index in [2.05, 4.69) is 11.4 Å². The van der Waals surface area contributed by atoms with Gasteiger partial charge in [0.1, 0.15) is 12.4 Å². The molecule has 2 N–H and O–H groups in total. The highest BCUT2D eigenvalue weighted by Gasteiger charge is 1.95. The first kappa shape index (κ1) is 9.09. The van der Waals surface area contributed by atoms with Crippen LogP contribution in [0.25, 0.3) is 0 Å². The number of hydrogen-bond acceptors (Lipinski definition) is 3. The Balaban J connectivity index is 1.95. The Hall–Kier alpha value is -1.48. The van der Waals surface area contributed by atoms with Gasteiger partial charge < -0.3 is 10.5 Å². The number of hydrogen-bond donors (Lipinski definition) is 1. The quantitative estimate of drug-likeness (QED) is 0.782. The van der Waals surface area contributed by atoms with Crippen LogP contribution < -0.4 is 10.5 Å². The van der Waals surface area contributed by atoms with Crippen LogP contribution in [0.3, 0.4) is 0 Å². The number of ether oxygens (including phenoxy) is 1. The van der Waals surface area contributed by atoms with Gasteiger partial charge in [0.25, 0.3) is 0 Å². The Morgan fingerprint density at radius 3 is 2.57 bits per heavy atom. The molecule has 0 saturated carbocycles. The molecule has 0 fully saturated rings. The van der Waals surface area contributed by atoms with Crippen molar-refractivity contribution in [2.24, 2.45) is 0 Å². The molecule has 0 aliphatic heterocycles. The molecule has 2 rings (SSSR count). The fourth-order valence-corrected chi connectivity index (χ4v) is 1.76. The summed E-state index contributed by atoms with van der Waals surface area (Å²) < 4.78 is 5.56. The van der Waals surface area contributed by atoms with Gasteiger partial charge in [0, 0.05) is 5.69 Å². The van der Waals surface area contributed by atoms with Crippen molar-refractivity contribution in [3.63, 3.8) is 0 Å². The van der Waals surface area contributed by atoms with Gasteiger partial charge in [0.2, 0.25) is 0 Å². The standard InChI is InChI=1S/C11H11NOS/c12-10-1-3-11(4-2-10)13-7-9-5-6-14-8-9/h1-6,8H,7,12H2. The molecule has 3 heteroatoms. The maximum absolute atomic E-state index is 5.56. The molecule has 0 aliphatic rings. The van der Waals surface area contributed by atoms with Gasteiger partial charge in [-0.15, -0.1) is 0 Å². The number of benzene rings is 1. The predicted molar refractivity (Wildman–Crippen MR) is 59.5 cm³/mol. The Kier molecular flexibility index (Phi) is 2.70. The van der Waals surface area contributed by atoms with Crippen molar-refractivity contribution in [2.75, 3.05) is 5.73 Å². The van der Waals surface area contributed by atoms with Crippen LogP contribution in [-0.4, -0.2) is 0 Å². The van der Waals surface area contributed by atoms with Gasteiger partial charge in [-0.2, -0.15) is 11.3 Å². The summed E-state index contributed by atoms with van der Waals surface area (Å²) in [7, 11) is 0. The Labute approximate surface area is 86.9 Å². The van der Waals surface area contributed by atoms with Gasteiger partial charge >= 0.3 is 0 Å². The lowest BCUT2D eigenvalue weighted by Gasteiger charge is -2.04. The van der Waals surface area contributed by atoms with Crippen LogP contribution in [0.4, 0.5) is 5.69 Å². The van der Waals surface area contributed by atoms with Gasteiger partial charge in [-0.3, -0.25) is 0 Å². The molecule has 72 valence electrons. The first-order chi connectivity index (χ1) is 6.84. The zero-order valence-electron chi connectivity index (χ0n) is 7.64. The smallest absolute Gasteiger partial charge is 0.119 e. The second-order valence-corrected chi connectivity index (χ2v) is 3.77. The van der Waals surface area contributed by atoms with Crippen LogP contribution in [0.2, 0.25) is 0 Å². The van der Waals surface area contributed by atoms with Crippen molar-refractivity contribution in [1.29, 1.82) is 0 Å². The fraction of sp³-hybridized carbons (Fsp3) is 0.0909. The average Bonchev–Trinajstić information content (AvgIpc) is 2.70. The summed E-state index contributed by atoms with van der Waals surface area (Å²) in [5.74, 6) is 0.852. The van der Waals surface area contributed by atoms with E-state index in [1.54, 1.807) is 11.3 Å². The summed E-state index contributed by atoms with van der Waals surface area (Å²) in [6, 6.07) is 9.48. The molecule has 0 saturated heterocycles. The number of nitrogen functional groups attached to an aromatic ring is 1. The largest absolute Gasteiger partial charge is 0.489 e. The molecular weight excluding hydrogens is 194 g/mol.